The second-order valence-corrected chi connectivity index (χ2v) is 6.71. The monoisotopic (exact) mass is 339 g/mol. The van der Waals surface area contributed by atoms with Crippen LogP contribution in [-0.2, 0) is 13.1 Å². The van der Waals surface area contributed by atoms with Gasteiger partial charge in [-0.05, 0) is 51.9 Å². The zero-order valence-electron chi connectivity index (χ0n) is 15.4. The van der Waals surface area contributed by atoms with Crippen LogP contribution in [0.3, 0.4) is 0 Å². The number of aryl methyl sites for hydroxylation is 4. The summed E-state index contributed by atoms with van der Waals surface area (Å²) < 4.78 is 3.65. The summed E-state index contributed by atoms with van der Waals surface area (Å²) in [5.41, 5.74) is 4.78. The maximum absolute atomic E-state index is 12.3. The molecule has 0 radical (unpaired) electrons. The van der Waals surface area contributed by atoms with Gasteiger partial charge in [0.2, 0.25) is 0 Å². The Morgan fingerprint density at radius 2 is 2.00 bits per heavy atom. The number of pyridine rings is 1. The molecule has 6 heteroatoms. The third-order valence-corrected chi connectivity index (χ3v) is 4.38. The average Bonchev–Trinajstić information content (AvgIpc) is 2.86. The SMILES string of the molecule is Cc1cc(C)n(CCCN(C)Cc2cc(=O)n3cccc(C)c3n2)n1. The molecule has 0 unspecified atom stereocenters. The molecule has 0 bridgehead atoms. The van der Waals surface area contributed by atoms with Crippen molar-refractivity contribution in [1.29, 1.82) is 0 Å². The van der Waals surface area contributed by atoms with Crippen LogP contribution in [0.15, 0.2) is 35.3 Å². The van der Waals surface area contributed by atoms with Crippen LogP contribution in [0, 0.1) is 20.8 Å². The third kappa shape index (κ3) is 3.96. The Morgan fingerprint density at radius 1 is 1.20 bits per heavy atom. The molecule has 0 fully saturated rings. The number of fused-ring (bicyclic) bond motifs is 1. The predicted molar refractivity (Wildman–Crippen MR) is 98.9 cm³/mol. The van der Waals surface area contributed by atoms with Crippen LogP contribution in [0.1, 0.15) is 29.1 Å². The van der Waals surface area contributed by atoms with Gasteiger partial charge in [0.05, 0.1) is 11.4 Å². The number of rotatable bonds is 6. The van der Waals surface area contributed by atoms with Gasteiger partial charge in [-0.15, -0.1) is 0 Å². The minimum atomic E-state index is -0.0280. The van der Waals surface area contributed by atoms with Gasteiger partial charge in [0, 0.05) is 37.6 Å². The zero-order chi connectivity index (χ0) is 18.0. The Hall–Kier alpha value is -2.47. The van der Waals surface area contributed by atoms with Gasteiger partial charge in [-0.25, -0.2) is 4.98 Å². The van der Waals surface area contributed by atoms with Crippen molar-refractivity contribution in [3.63, 3.8) is 0 Å². The first kappa shape index (κ1) is 17.4. The van der Waals surface area contributed by atoms with Crippen molar-refractivity contribution >= 4 is 5.65 Å². The molecule has 3 aromatic heterocycles. The molecule has 132 valence electrons. The molecule has 3 heterocycles. The molecule has 3 rings (SSSR count). The lowest BCUT2D eigenvalue weighted by Crippen LogP contribution is -2.24. The normalized spacial score (nSPS) is 11.6. The van der Waals surface area contributed by atoms with E-state index in [9.17, 15) is 4.79 Å². The van der Waals surface area contributed by atoms with E-state index in [0.717, 1.165) is 42.1 Å². The number of aromatic nitrogens is 4. The summed E-state index contributed by atoms with van der Waals surface area (Å²) >= 11 is 0. The van der Waals surface area contributed by atoms with Crippen LogP contribution in [0.2, 0.25) is 0 Å². The maximum Gasteiger partial charge on any atom is 0.258 e. The highest BCUT2D eigenvalue weighted by atomic mass is 16.1. The van der Waals surface area contributed by atoms with Crippen molar-refractivity contribution in [3.8, 4) is 0 Å². The molecule has 0 spiro atoms. The van der Waals surface area contributed by atoms with Gasteiger partial charge < -0.3 is 4.90 Å². The molecule has 0 aliphatic heterocycles. The molecule has 0 aliphatic rings. The van der Waals surface area contributed by atoms with E-state index in [1.165, 1.54) is 5.69 Å². The fourth-order valence-electron chi connectivity index (χ4n) is 3.14. The summed E-state index contributed by atoms with van der Waals surface area (Å²) in [7, 11) is 2.06. The van der Waals surface area contributed by atoms with E-state index >= 15 is 0 Å². The molecular weight excluding hydrogens is 314 g/mol. The molecule has 0 saturated carbocycles. The molecule has 0 aromatic carbocycles. The van der Waals surface area contributed by atoms with E-state index in [1.54, 1.807) is 16.7 Å². The molecular formula is C19H25N5O. The highest BCUT2D eigenvalue weighted by Crippen LogP contribution is 2.08. The van der Waals surface area contributed by atoms with E-state index in [2.05, 4.69) is 35.0 Å². The highest BCUT2D eigenvalue weighted by molar-refractivity contribution is 5.46. The fourth-order valence-corrected chi connectivity index (χ4v) is 3.14. The van der Waals surface area contributed by atoms with Crippen molar-refractivity contribution in [2.24, 2.45) is 0 Å². The second-order valence-electron chi connectivity index (χ2n) is 6.71. The Morgan fingerprint density at radius 3 is 2.72 bits per heavy atom. The van der Waals surface area contributed by atoms with Gasteiger partial charge in [-0.2, -0.15) is 5.10 Å². The third-order valence-electron chi connectivity index (χ3n) is 4.38. The number of nitrogens with zero attached hydrogens (tertiary/aromatic N) is 5. The van der Waals surface area contributed by atoms with Crippen molar-refractivity contribution < 1.29 is 0 Å². The average molecular weight is 339 g/mol. The first-order chi connectivity index (χ1) is 11.9. The molecule has 6 nitrogen and oxygen atoms in total. The number of hydrogen-bond donors (Lipinski definition) is 0. The van der Waals surface area contributed by atoms with E-state index in [1.807, 2.05) is 30.7 Å². The summed E-state index contributed by atoms with van der Waals surface area (Å²) in [6, 6.07) is 7.57. The van der Waals surface area contributed by atoms with Gasteiger partial charge in [0.25, 0.3) is 5.56 Å². The van der Waals surface area contributed by atoms with Gasteiger partial charge >= 0.3 is 0 Å². The van der Waals surface area contributed by atoms with Crippen molar-refractivity contribution in [1.82, 2.24) is 24.1 Å². The van der Waals surface area contributed by atoms with Crippen LogP contribution in [-0.4, -0.2) is 37.7 Å². The minimum Gasteiger partial charge on any atom is -0.300 e. The lowest BCUT2D eigenvalue weighted by atomic mass is 10.2. The summed E-state index contributed by atoms with van der Waals surface area (Å²) in [5, 5.41) is 4.49. The van der Waals surface area contributed by atoms with Gasteiger partial charge in [0.15, 0.2) is 0 Å². The predicted octanol–water partition coefficient (Wildman–Crippen LogP) is 2.34. The summed E-state index contributed by atoms with van der Waals surface area (Å²) in [6.07, 6.45) is 2.77. The molecule has 0 atom stereocenters. The van der Waals surface area contributed by atoms with E-state index in [-0.39, 0.29) is 5.56 Å². The second kappa shape index (κ2) is 7.19. The Kier molecular flexibility index (Phi) is 4.99. The fraction of sp³-hybridized carbons (Fsp3) is 0.421. The van der Waals surface area contributed by atoms with E-state index in [4.69, 9.17) is 0 Å². The Bertz CT molecular complexity index is 941. The molecule has 0 aliphatic carbocycles. The lowest BCUT2D eigenvalue weighted by molar-refractivity contribution is 0.307. The van der Waals surface area contributed by atoms with E-state index < -0.39 is 0 Å². The molecule has 0 N–H and O–H groups in total. The van der Waals surface area contributed by atoms with Gasteiger partial charge in [-0.1, -0.05) is 6.07 Å². The largest absolute Gasteiger partial charge is 0.300 e. The zero-order valence-corrected chi connectivity index (χ0v) is 15.4. The summed E-state index contributed by atoms with van der Waals surface area (Å²) in [4.78, 5) is 19.1. The maximum atomic E-state index is 12.3. The van der Waals surface area contributed by atoms with Crippen LogP contribution in [0.4, 0.5) is 0 Å². The Balaban J connectivity index is 1.64. The summed E-state index contributed by atoms with van der Waals surface area (Å²) in [6.45, 7) is 8.56. The molecule has 0 saturated heterocycles. The van der Waals surface area contributed by atoms with Crippen LogP contribution < -0.4 is 5.56 Å². The highest BCUT2D eigenvalue weighted by Gasteiger charge is 2.08. The first-order valence-corrected chi connectivity index (χ1v) is 8.61. The Labute approximate surface area is 147 Å². The smallest absolute Gasteiger partial charge is 0.258 e. The summed E-state index contributed by atoms with van der Waals surface area (Å²) in [5.74, 6) is 0. The lowest BCUT2D eigenvalue weighted by Gasteiger charge is -2.16. The standard InChI is InChI=1S/C19H25N5O/c1-14-7-5-9-23-18(25)12-17(20-19(14)23)13-22(4)8-6-10-24-16(3)11-15(2)21-24/h5,7,9,11-12H,6,8,10,13H2,1-4H3. The van der Waals surface area contributed by atoms with Crippen molar-refractivity contribution in [2.45, 2.75) is 40.3 Å². The first-order valence-electron chi connectivity index (χ1n) is 8.61. The molecule has 25 heavy (non-hydrogen) atoms. The van der Waals surface area contributed by atoms with Crippen LogP contribution >= 0.6 is 0 Å². The van der Waals surface area contributed by atoms with Crippen molar-refractivity contribution in [2.75, 3.05) is 13.6 Å². The van der Waals surface area contributed by atoms with E-state index in [0.29, 0.717) is 6.54 Å². The number of hydrogen-bond acceptors (Lipinski definition) is 4. The topological polar surface area (TPSA) is 55.4 Å². The van der Waals surface area contributed by atoms with Gasteiger partial charge in [0.1, 0.15) is 5.65 Å². The van der Waals surface area contributed by atoms with Gasteiger partial charge in [-0.3, -0.25) is 13.9 Å². The van der Waals surface area contributed by atoms with Crippen LogP contribution in [0.25, 0.3) is 5.65 Å². The quantitative estimate of drug-likeness (QED) is 0.692. The molecule has 3 aromatic rings. The minimum absolute atomic E-state index is 0.0280. The van der Waals surface area contributed by atoms with Crippen molar-refractivity contribution in [3.05, 3.63) is 63.5 Å². The van der Waals surface area contributed by atoms with Crippen LogP contribution in [0.5, 0.6) is 0 Å². The molecule has 0 amide bonds.